The van der Waals surface area contributed by atoms with Gasteiger partial charge in [0.2, 0.25) is 0 Å². The Morgan fingerprint density at radius 1 is 1.00 bits per heavy atom. The molecular formula is C13H23NO5. The van der Waals surface area contributed by atoms with E-state index in [1.807, 2.05) is 27.7 Å². The number of ether oxygens (including phenoxy) is 4. The lowest BCUT2D eigenvalue weighted by atomic mass is 10.0. The molecule has 3 aliphatic heterocycles. The summed E-state index contributed by atoms with van der Waals surface area (Å²) in [5.74, 6) is -1.28. The predicted octanol–water partition coefficient (Wildman–Crippen LogP) is 0.338. The van der Waals surface area contributed by atoms with E-state index in [-0.39, 0.29) is 18.2 Å². The van der Waals surface area contributed by atoms with Crippen LogP contribution in [0.25, 0.3) is 0 Å². The molecule has 19 heavy (non-hydrogen) atoms. The average molecular weight is 273 g/mol. The summed E-state index contributed by atoms with van der Waals surface area (Å²) in [5, 5.41) is 13.6. The van der Waals surface area contributed by atoms with Crippen LogP contribution in [0, 0.1) is 0 Å². The maximum atomic E-state index is 10.4. The van der Waals surface area contributed by atoms with E-state index in [1.165, 1.54) is 0 Å². The van der Waals surface area contributed by atoms with Gasteiger partial charge in [-0.05, 0) is 34.6 Å². The number of nitrogens with one attached hydrogen (secondary N) is 1. The molecule has 0 aromatic heterocycles. The highest BCUT2D eigenvalue weighted by Gasteiger charge is 2.61. The zero-order valence-corrected chi connectivity index (χ0v) is 12.1. The zero-order valence-electron chi connectivity index (χ0n) is 12.1. The molecule has 0 aromatic rings. The lowest BCUT2D eigenvalue weighted by Gasteiger charge is -2.29. The molecule has 3 rings (SSSR count). The second kappa shape index (κ2) is 3.90. The first-order chi connectivity index (χ1) is 8.60. The molecule has 0 bridgehead atoms. The monoisotopic (exact) mass is 273 g/mol. The summed E-state index contributed by atoms with van der Waals surface area (Å²) in [6.07, 6.45) is -0.804. The normalized spacial score (nSPS) is 51.5. The third kappa shape index (κ3) is 2.30. The van der Waals surface area contributed by atoms with E-state index in [2.05, 4.69) is 5.32 Å². The maximum Gasteiger partial charge on any atom is 0.164 e. The van der Waals surface area contributed by atoms with Crippen molar-refractivity contribution in [3.63, 3.8) is 0 Å². The Bertz CT molecular complexity index is 381. The topological polar surface area (TPSA) is 69.2 Å². The molecule has 0 aromatic carbocycles. The smallest absolute Gasteiger partial charge is 0.164 e. The predicted molar refractivity (Wildman–Crippen MR) is 66.3 cm³/mol. The van der Waals surface area contributed by atoms with Crippen molar-refractivity contribution in [1.82, 2.24) is 5.32 Å². The Kier molecular flexibility index (Phi) is 2.82. The molecule has 0 spiro atoms. The quantitative estimate of drug-likeness (QED) is 0.718. The highest BCUT2D eigenvalue weighted by molar-refractivity contribution is 5.09. The highest BCUT2D eigenvalue weighted by atomic mass is 16.8. The molecule has 0 saturated carbocycles. The maximum absolute atomic E-state index is 10.4. The number of hydrogen-bond donors (Lipinski definition) is 2. The van der Waals surface area contributed by atoms with Gasteiger partial charge in [0.25, 0.3) is 0 Å². The highest BCUT2D eigenvalue weighted by Crippen LogP contribution is 2.42. The van der Waals surface area contributed by atoms with E-state index in [1.54, 1.807) is 6.92 Å². The molecule has 3 fully saturated rings. The average Bonchev–Trinajstić information content (AvgIpc) is 2.81. The molecule has 0 unspecified atom stereocenters. The van der Waals surface area contributed by atoms with Crippen LogP contribution in [-0.4, -0.2) is 53.4 Å². The third-order valence-corrected chi connectivity index (χ3v) is 3.93. The largest absolute Gasteiger partial charge is 0.373 e. The van der Waals surface area contributed by atoms with Crippen LogP contribution < -0.4 is 5.32 Å². The molecule has 3 heterocycles. The number of hydrogen-bond acceptors (Lipinski definition) is 6. The van der Waals surface area contributed by atoms with Gasteiger partial charge in [0, 0.05) is 0 Å². The summed E-state index contributed by atoms with van der Waals surface area (Å²) >= 11 is 0. The van der Waals surface area contributed by atoms with Gasteiger partial charge in [-0.25, -0.2) is 0 Å². The standard InChI is InChI=1S/C13H23NO5/c1-11(2)16-6-7(17-11)8-9-10(13(5,15)14-8)19-12(3,4)18-9/h7-10,14-15H,6H2,1-5H3/t7-,8+,9+,10+,13+/m1/s1. The number of fused-ring (bicyclic) bond motifs is 1. The van der Waals surface area contributed by atoms with Crippen LogP contribution in [0.2, 0.25) is 0 Å². The minimum Gasteiger partial charge on any atom is -0.373 e. The van der Waals surface area contributed by atoms with E-state index < -0.39 is 23.4 Å². The Hall–Kier alpha value is -0.240. The molecule has 3 aliphatic rings. The van der Waals surface area contributed by atoms with Crippen LogP contribution in [0.4, 0.5) is 0 Å². The van der Waals surface area contributed by atoms with E-state index >= 15 is 0 Å². The summed E-state index contributed by atoms with van der Waals surface area (Å²) in [6, 6.07) is -0.149. The van der Waals surface area contributed by atoms with Crippen LogP contribution >= 0.6 is 0 Å². The van der Waals surface area contributed by atoms with Crippen molar-refractivity contribution in [3.05, 3.63) is 0 Å². The van der Waals surface area contributed by atoms with Crippen molar-refractivity contribution in [2.45, 2.75) is 76.3 Å². The van der Waals surface area contributed by atoms with Gasteiger partial charge in [0.1, 0.15) is 24.0 Å². The molecule has 3 saturated heterocycles. The van der Waals surface area contributed by atoms with E-state index in [0.717, 1.165) is 0 Å². The third-order valence-electron chi connectivity index (χ3n) is 3.93. The molecule has 5 atom stereocenters. The first kappa shape index (κ1) is 13.7. The molecular weight excluding hydrogens is 250 g/mol. The lowest BCUT2D eigenvalue weighted by Crippen LogP contribution is -2.51. The van der Waals surface area contributed by atoms with Crippen molar-refractivity contribution in [3.8, 4) is 0 Å². The SMILES string of the molecule is CC1(C)OC[C@H]([C@@H]2N[C@@](C)(O)[C@H]3OC(C)(C)O[C@@H]23)O1. The fourth-order valence-electron chi connectivity index (χ4n) is 3.18. The van der Waals surface area contributed by atoms with Crippen molar-refractivity contribution in [2.75, 3.05) is 6.61 Å². The van der Waals surface area contributed by atoms with Gasteiger partial charge in [-0.2, -0.15) is 0 Å². The van der Waals surface area contributed by atoms with Crippen LogP contribution in [-0.2, 0) is 18.9 Å². The fourth-order valence-corrected chi connectivity index (χ4v) is 3.18. The Balaban J connectivity index is 1.80. The second-order valence-corrected chi connectivity index (χ2v) is 6.71. The summed E-state index contributed by atoms with van der Waals surface area (Å²) < 4.78 is 23.2. The molecule has 0 amide bonds. The Morgan fingerprint density at radius 2 is 1.68 bits per heavy atom. The van der Waals surface area contributed by atoms with Crippen molar-refractivity contribution in [1.29, 1.82) is 0 Å². The van der Waals surface area contributed by atoms with Crippen molar-refractivity contribution < 1.29 is 24.1 Å². The first-order valence-electron chi connectivity index (χ1n) is 6.77. The van der Waals surface area contributed by atoms with Gasteiger partial charge in [0.05, 0.1) is 12.6 Å². The summed E-state index contributed by atoms with van der Waals surface area (Å²) in [7, 11) is 0. The van der Waals surface area contributed by atoms with Crippen molar-refractivity contribution >= 4 is 0 Å². The molecule has 2 N–H and O–H groups in total. The zero-order chi connectivity index (χ0) is 14.1. The van der Waals surface area contributed by atoms with E-state index in [9.17, 15) is 5.11 Å². The van der Waals surface area contributed by atoms with Gasteiger partial charge in [-0.3, -0.25) is 5.32 Å². The van der Waals surface area contributed by atoms with E-state index in [4.69, 9.17) is 18.9 Å². The van der Waals surface area contributed by atoms with Gasteiger partial charge >= 0.3 is 0 Å². The summed E-state index contributed by atoms with van der Waals surface area (Å²) in [5.41, 5.74) is -1.13. The number of rotatable bonds is 1. The molecule has 0 radical (unpaired) electrons. The minimum absolute atomic E-state index is 0.149. The molecule has 0 aliphatic carbocycles. The molecule has 6 heteroatoms. The Labute approximate surface area is 113 Å². The van der Waals surface area contributed by atoms with Crippen LogP contribution in [0.5, 0.6) is 0 Å². The van der Waals surface area contributed by atoms with E-state index in [0.29, 0.717) is 6.61 Å². The molecule has 110 valence electrons. The number of aliphatic hydroxyl groups is 1. The van der Waals surface area contributed by atoms with Gasteiger partial charge < -0.3 is 24.1 Å². The van der Waals surface area contributed by atoms with Crippen LogP contribution in [0.15, 0.2) is 0 Å². The second-order valence-electron chi connectivity index (χ2n) is 6.71. The fraction of sp³-hybridized carbons (Fsp3) is 1.00. The first-order valence-corrected chi connectivity index (χ1v) is 6.77. The van der Waals surface area contributed by atoms with Crippen molar-refractivity contribution in [2.24, 2.45) is 0 Å². The minimum atomic E-state index is -1.13. The van der Waals surface area contributed by atoms with Gasteiger partial charge in [-0.15, -0.1) is 0 Å². The molecule has 6 nitrogen and oxygen atoms in total. The summed E-state index contributed by atoms with van der Waals surface area (Å²) in [6.45, 7) is 9.66. The summed E-state index contributed by atoms with van der Waals surface area (Å²) in [4.78, 5) is 0. The van der Waals surface area contributed by atoms with Crippen LogP contribution in [0.3, 0.4) is 0 Å². The lowest BCUT2D eigenvalue weighted by molar-refractivity contribution is -0.189. The van der Waals surface area contributed by atoms with Gasteiger partial charge in [0.15, 0.2) is 11.6 Å². The van der Waals surface area contributed by atoms with Crippen LogP contribution in [0.1, 0.15) is 34.6 Å². The van der Waals surface area contributed by atoms with Gasteiger partial charge in [-0.1, -0.05) is 0 Å². The Morgan fingerprint density at radius 3 is 2.26 bits per heavy atom.